The highest BCUT2D eigenvalue weighted by molar-refractivity contribution is 9.10. The highest BCUT2D eigenvalue weighted by Crippen LogP contribution is 2.27. The number of fused-ring (bicyclic) bond motifs is 1. The summed E-state index contributed by atoms with van der Waals surface area (Å²) in [6, 6.07) is 7.88. The molecule has 0 aliphatic heterocycles. The number of hydrogen-bond donors (Lipinski definition) is 1. The normalized spacial score (nSPS) is 12.0. The van der Waals surface area contributed by atoms with Crippen LogP contribution in [-0.2, 0) is 10.0 Å². The fraction of sp³-hybridized carbons (Fsp3) is 0.400. The van der Waals surface area contributed by atoms with Crippen LogP contribution in [0.5, 0.6) is 0 Å². The maximum absolute atomic E-state index is 11.7. The van der Waals surface area contributed by atoms with Gasteiger partial charge in [-0.15, -0.1) is 0 Å². The third-order valence-corrected chi connectivity index (χ3v) is 6.03. The van der Waals surface area contributed by atoms with Gasteiger partial charge in [0.05, 0.1) is 11.3 Å². The Bertz CT molecular complexity index is 750. The number of nitrogens with one attached hydrogen (secondary N) is 1. The third-order valence-electron chi connectivity index (χ3n) is 3.53. The molecule has 0 bridgehead atoms. The topological polar surface area (TPSA) is 62.3 Å². The van der Waals surface area contributed by atoms with Gasteiger partial charge in [-0.2, -0.15) is 0 Å². The van der Waals surface area contributed by atoms with E-state index in [-0.39, 0.29) is 5.75 Å². The summed E-state index contributed by atoms with van der Waals surface area (Å²) in [7, 11) is -1.47. The summed E-state index contributed by atoms with van der Waals surface area (Å²) in [5.41, 5.74) is 1.92. The number of halogens is 1. The van der Waals surface area contributed by atoms with Crippen molar-refractivity contribution in [1.82, 2.24) is 9.29 Å². The molecule has 1 N–H and O–H groups in total. The first-order valence-electron chi connectivity index (χ1n) is 7.17. The third kappa shape index (κ3) is 3.97. The van der Waals surface area contributed by atoms with Crippen molar-refractivity contribution in [2.75, 3.05) is 31.2 Å². The number of anilines is 1. The van der Waals surface area contributed by atoms with Crippen molar-refractivity contribution in [3.05, 3.63) is 34.9 Å². The molecule has 7 heteroatoms. The van der Waals surface area contributed by atoms with Crippen molar-refractivity contribution in [3.63, 3.8) is 0 Å². The van der Waals surface area contributed by atoms with Crippen molar-refractivity contribution < 1.29 is 8.42 Å². The van der Waals surface area contributed by atoms with E-state index < -0.39 is 10.0 Å². The van der Waals surface area contributed by atoms with Gasteiger partial charge in [-0.25, -0.2) is 12.7 Å². The quantitative estimate of drug-likeness (QED) is 0.743. The second kappa shape index (κ2) is 7.39. The second-order valence-electron chi connectivity index (χ2n) is 5.00. The Morgan fingerprint density at radius 1 is 1.32 bits per heavy atom. The van der Waals surface area contributed by atoms with Gasteiger partial charge in [0, 0.05) is 41.9 Å². The molecule has 0 saturated carbocycles. The van der Waals surface area contributed by atoms with E-state index in [1.54, 1.807) is 20.2 Å². The van der Waals surface area contributed by atoms with Crippen LogP contribution in [0.3, 0.4) is 0 Å². The predicted molar refractivity (Wildman–Crippen MR) is 94.6 cm³/mol. The van der Waals surface area contributed by atoms with Crippen LogP contribution in [0.4, 0.5) is 5.69 Å². The summed E-state index contributed by atoms with van der Waals surface area (Å²) in [4.78, 5) is 4.37. The highest BCUT2D eigenvalue weighted by Gasteiger charge is 2.13. The average molecular weight is 386 g/mol. The molecular formula is C15H20BrN3O2S. The summed E-state index contributed by atoms with van der Waals surface area (Å²) in [6.07, 6.45) is 2.51. The fourth-order valence-electron chi connectivity index (χ4n) is 2.18. The Morgan fingerprint density at radius 3 is 2.82 bits per heavy atom. The SMILES string of the molecule is CCS(=O)(=O)N(C)CCCNc1ccnc2c(Br)cccc12. The zero-order chi connectivity index (χ0) is 16.2. The van der Waals surface area contributed by atoms with Crippen LogP contribution < -0.4 is 5.32 Å². The average Bonchev–Trinajstić information content (AvgIpc) is 2.52. The largest absolute Gasteiger partial charge is 0.384 e. The molecule has 0 atom stereocenters. The van der Waals surface area contributed by atoms with E-state index in [0.717, 1.165) is 27.5 Å². The molecule has 0 aliphatic rings. The maximum atomic E-state index is 11.7. The van der Waals surface area contributed by atoms with Gasteiger partial charge in [0.1, 0.15) is 0 Å². The lowest BCUT2D eigenvalue weighted by atomic mass is 10.2. The molecule has 0 amide bonds. The standard InChI is InChI=1S/C15H20BrN3O2S/c1-3-22(20,21)19(2)11-5-9-17-14-8-10-18-15-12(14)6-4-7-13(15)16/h4,6-8,10H,3,5,9,11H2,1-2H3,(H,17,18). The lowest BCUT2D eigenvalue weighted by molar-refractivity contribution is 0.466. The first kappa shape index (κ1) is 17.2. The van der Waals surface area contributed by atoms with Gasteiger partial charge in [0.15, 0.2) is 0 Å². The number of aromatic nitrogens is 1. The lowest BCUT2D eigenvalue weighted by Crippen LogP contribution is -2.30. The van der Waals surface area contributed by atoms with Gasteiger partial charge >= 0.3 is 0 Å². The number of hydrogen-bond acceptors (Lipinski definition) is 4. The molecule has 2 rings (SSSR count). The first-order chi connectivity index (χ1) is 10.5. The van der Waals surface area contributed by atoms with Gasteiger partial charge in [-0.3, -0.25) is 4.98 Å². The van der Waals surface area contributed by atoms with Crippen LogP contribution in [0, 0.1) is 0 Å². The molecule has 120 valence electrons. The summed E-state index contributed by atoms with van der Waals surface area (Å²) in [6.45, 7) is 2.87. The van der Waals surface area contributed by atoms with Crippen molar-refractivity contribution in [1.29, 1.82) is 0 Å². The minimum atomic E-state index is -3.09. The van der Waals surface area contributed by atoms with E-state index in [9.17, 15) is 8.42 Å². The van der Waals surface area contributed by atoms with Crippen LogP contribution in [0.2, 0.25) is 0 Å². The van der Waals surface area contributed by atoms with E-state index in [2.05, 4.69) is 26.2 Å². The number of pyridine rings is 1. The maximum Gasteiger partial charge on any atom is 0.213 e. The Labute approximate surface area is 139 Å². The van der Waals surface area contributed by atoms with Gasteiger partial charge < -0.3 is 5.32 Å². The smallest absolute Gasteiger partial charge is 0.213 e. The van der Waals surface area contributed by atoms with Gasteiger partial charge in [-0.05, 0) is 41.4 Å². The number of sulfonamides is 1. The van der Waals surface area contributed by atoms with E-state index in [4.69, 9.17) is 0 Å². The van der Waals surface area contributed by atoms with Crippen LogP contribution in [0.25, 0.3) is 10.9 Å². The molecular weight excluding hydrogens is 366 g/mol. The minimum absolute atomic E-state index is 0.139. The zero-order valence-corrected chi connectivity index (χ0v) is 15.1. The summed E-state index contributed by atoms with van der Waals surface area (Å²) >= 11 is 3.50. The van der Waals surface area contributed by atoms with Gasteiger partial charge in [-0.1, -0.05) is 12.1 Å². The number of rotatable bonds is 7. The molecule has 2 aromatic rings. The van der Waals surface area contributed by atoms with Gasteiger partial charge in [0.25, 0.3) is 0 Å². The second-order valence-corrected chi connectivity index (χ2v) is 8.22. The molecule has 0 saturated heterocycles. The molecule has 5 nitrogen and oxygen atoms in total. The minimum Gasteiger partial charge on any atom is -0.384 e. The van der Waals surface area contributed by atoms with Crippen molar-refractivity contribution in [3.8, 4) is 0 Å². The summed E-state index contributed by atoms with van der Waals surface area (Å²) in [5, 5.41) is 4.40. The molecule has 1 aromatic heterocycles. The number of benzene rings is 1. The molecule has 22 heavy (non-hydrogen) atoms. The molecule has 0 fully saturated rings. The Hall–Kier alpha value is -1.18. The van der Waals surface area contributed by atoms with Crippen molar-refractivity contribution >= 4 is 42.5 Å². The Morgan fingerprint density at radius 2 is 2.09 bits per heavy atom. The molecule has 1 heterocycles. The predicted octanol–water partition coefficient (Wildman–Crippen LogP) is 3.08. The first-order valence-corrected chi connectivity index (χ1v) is 9.57. The lowest BCUT2D eigenvalue weighted by Gasteiger charge is -2.16. The molecule has 0 aliphatic carbocycles. The Kier molecular flexibility index (Phi) is 5.77. The monoisotopic (exact) mass is 385 g/mol. The molecule has 0 spiro atoms. The molecule has 0 radical (unpaired) electrons. The van der Waals surface area contributed by atoms with E-state index in [0.29, 0.717) is 13.1 Å². The summed E-state index contributed by atoms with van der Waals surface area (Å²) < 4.78 is 25.7. The van der Waals surface area contributed by atoms with Crippen LogP contribution >= 0.6 is 15.9 Å². The summed E-state index contributed by atoms with van der Waals surface area (Å²) in [5.74, 6) is 0.139. The van der Waals surface area contributed by atoms with Crippen molar-refractivity contribution in [2.45, 2.75) is 13.3 Å². The van der Waals surface area contributed by atoms with Crippen LogP contribution in [-0.4, -0.2) is 43.6 Å². The Balaban J connectivity index is 1.97. The highest BCUT2D eigenvalue weighted by atomic mass is 79.9. The van der Waals surface area contributed by atoms with Crippen LogP contribution in [0.1, 0.15) is 13.3 Å². The van der Waals surface area contributed by atoms with Crippen LogP contribution in [0.15, 0.2) is 34.9 Å². The van der Waals surface area contributed by atoms with Crippen molar-refractivity contribution in [2.24, 2.45) is 0 Å². The van der Waals surface area contributed by atoms with Gasteiger partial charge in [0.2, 0.25) is 10.0 Å². The fourth-order valence-corrected chi connectivity index (χ4v) is 3.50. The number of para-hydroxylation sites is 1. The molecule has 0 unspecified atom stereocenters. The number of nitrogens with zero attached hydrogens (tertiary/aromatic N) is 2. The van der Waals surface area contributed by atoms with E-state index >= 15 is 0 Å². The van der Waals surface area contributed by atoms with E-state index in [1.807, 2.05) is 24.3 Å². The van der Waals surface area contributed by atoms with E-state index in [1.165, 1.54) is 4.31 Å². The zero-order valence-electron chi connectivity index (χ0n) is 12.7. The molecule has 1 aromatic carbocycles.